The quantitative estimate of drug-likeness (QED) is 0.714. The van der Waals surface area contributed by atoms with Crippen molar-refractivity contribution in [1.29, 1.82) is 0 Å². The molecule has 110 valence electrons. The molecular formula is C15H13Br2NO2S. The Hall–Kier alpha value is -0.690. The fourth-order valence-corrected chi connectivity index (χ4v) is 5.47. The van der Waals surface area contributed by atoms with Crippen molar-refractivity contribution in [2.75, 3.05) is 0 Å². The van der Waals surface area contributed by atoms with Gasteiger partial charge in [0.05, 0.1) is 4.90 Å². The van der Waals surface area contributed by atoms with Crippen molar-refractivity contribution in [3.63, 3.8) is 0 Å². The van der Waals surface area contributed by atoms with Gasteiger partial charge in [-0.25, -0.2) is 8.42 Å². The van der Waals surface area contributed by atoms with Gasteiger partial charge in [0.15, 0.2) is 0 Å². The third kappa shape index (κ3) is 2.70. The van der Waals surface area contributed by atoms with E-state index in [1.54, 1.807) is 6.07 Å². The number of rotatable bonds is 2. The van der Waals surface area contributed by atoms with E-state index in [9.17, 15) is 8.42 Å². The fraction of sp³-hybridized carbons (Fsp3) is 0.200. The van der Waals surface area contributed by atoms with Crippen LogP contribution in [0.5, 0.6) is 0 Å². The first-order chi connectivity index (χ1) is 9.89. The average molecular weight is 431 g/mol. The molecule has 0 spiro atoms. The van der Waals surface area contributed by atoms with Gasteiger partial charge in [0.25, 0.3) is 0 Å². The lowest BCUT2D eigenvalue weighted by molar-refractivity contribution is 0.431. The maximum absolute atomic E-state index is 12.9. The van der Waals surface area contributed by atoms with Crippen molar-refractivity contribution < 1.29 is 8.42 Å². The predicted octanol–water partition coefficient (Wildman–Crippen LogP) is 4.22. The van der Waals surface area contributed by atoms with Gasteiger partial charge in [-0.3, -0.25) is 0 Å². The van der Waals surface area contributed by atoms with Gasteiger partial charge in [0, 0.05) is 22.0 Å². The van der Waals surface area contributed by atoms with Crippen LogP contribution in [0.15, 0.2) is 50.2 Å². The van der Waals surface area contributed by atoms with E-state index in [2.05, 4.69) is 31.9 Å². The Morgan fingerprint density at radius 2 is 1.57 bits per heavy atom. The largest absolute Gasteiger partial charge is 0.244 e. The lowest BCUT2D eigenvalue weighted by Crippen LogP contribution is -2.26. The van der Waals surface area contributed by atoms with Gasteiger partial charge >= 0.3 is 0 Å². The Labute approximate surface area is 141 Å². The Morgan fingerprint density at radius 3 is 2.14 bits per heavy atom. The van der Waals surface area contributed by atoms with E-state index in [4.69, 9.17) is 0 Å². The minimum absolute atomic E-state index is 0.299. The van der Waals surface area contributed by atoms with Crippen LogP contribution in [0.25, 0.3) is 0 Å². The Morgan fingerprint density at radius 1 is 1.00 bits per heavy atom. The number of halogens is 2. The molecule has 0 amide bonds. The molecule has 0 saturated heterocycles. The lowest BCUT2D eigenvalue weighted by atomic mass is 10.1. The Bertz CT molecular complexity index is 793. The Kier molecular flexibility index (Phi) is 3.98. The predicted molar refractivity (Wildman–Crippen MR) is 89.5 cm³/mol. The molecule has 0 aromatic heterocycles. The molecule has 1 aliphatic heterocycles. The van der Waals surface area contributed by atoms with Crippen LogP contribution in [0.1, 0.15) is 16.7 Å². The molecule has 3 nitrogen and oxygen atoms in total. The SMILES string of the molecule is Cc1cc(Br)c(S(=O)(=O)N2Cc3ccccc3C2)cc1Br. The van der Waals surface area contributed by atoms with Crippen molar-refractivity contribution in [3.05, 3.63) is 62.0 Å². The van der Waals surface area contributed by atoms with E-state index in [1.807, 2.05) is 37.3 Å². The second-order valence-electron chi connectivity index (χ2n) is 5.07. The number of sulfonamides is 1. The maximum atomic E-state index is 12.9. The molecule has 6 heteroatoms. The minimum Gasteiger partial charge on any atom is -0.207 e. The average Bonchev–Trinajstić information content (AvgIpc) is 2.87. The van der Waals surface area contributed by atoms with E-state index in [0.29, 0.717) is 22.5 Å². The molecule has 3 rings (SSSR count). The van der Waals surface area contributed by atoms with Crippen LogP contribution in [-0.4, -0.2) is 12.7 Å². The molecule has 2 aromatic rings. The van der Waals surface area contributed by atoms with Gasteiger partial charge in [-0.2, -0.15) is 4.31 Å². The second kappa shape index (κ2) is 5.50. The number of hydrogen-bond acceptors (Lipinski definition) is 2. The topological polar surface area (TPSA) is 37.4 Å². The second-order valence-corrected chi connectivity index (χ2v) is 8.69. The van der Waals surface area contributed by atoms with Crippen molar-refractivity contribution in [2.45, 2.75) is 24.9 Å². The van der Waals surface area contributed by atoms with Crippen LogP contribution in [0, 0.1) is 6.92 Å². The summed E-state index contributed by atoms with van der Waals surface area (Å²) in [6.45, 7) is 2.78. The molecule has 0 atom stereocenters. The zero-order valence-corrected chi connectivity index (χ0v) is 15.3. The van der Waals surface area contributed by atoms with E-state index < -0.39 is 10.0 Å². The number of aryl methyl sites for hydroxylation is 1. The highest BCUT2D eigenvalue weighted by Gasteiger charge is 2.32. The molecule has 1 aliphatic rings. The van der Waals surface area contributed by atoms with E-state index in [0.717, 1.165) is 21.2 Å². The molecule has 0 unspecified atom stereocenters. The summed E-state index contributed by atoms with van der Waals surface area (Å²) in [5, 5.41) is 0. The van der Waals surface area contributed by atoms with Crippen molar-refractivity contribution in [2.24, 2.45) is 0 Å². The first-order valence-electron chi connectivity index (χ1n) is 6.42. The molecule has 1 heterocycles. The third-order valence-corrected chi connectivity index (χ3v) is 7.25. The van der Waals surface area contributed by atoms with E-state index in [1.165, 1.54) is 4.31 Å². The van der Waals surface area contributed by atoms with Crippen molar-refractivity contribution in [3.8, 4) is 0 Å². The zero-order chi connectivity index (χ0) is 15.2. The van der Waals surface area contributed by atoms with Crippen LogP contribution < -0.4 is 0 Å². The summed E-state index contributed by atoms with van der Waals surface area (Å²) in [5.41, 5.74) is 3.14. The number of benzene rings is 2. The fourth-order valence-electron chi connectivity index (χ4n) is 2.44. The number of fused-ring (bicyclic) bond motifs is 1. The molecule has 0 aliphatic carbocycles. The standard InChI is InChI=1S/C15H13Br2NO2S/c1-10-6-14(17)15(7-13(10)16)21(19,20)18-8-11-4-2-3-5-12(11)9-18/h2-7H,8-9H2,1H3. The van der Waals surface area contributed by atoms with Crippen LogP contribution in [0.4, 0.5) is 0 Å². The minimum atomic E-state index is -3.52. The summed E-state index contributed by atoms with van der Waals surface area (Å²) in [4.78, 5) is 0.299. The van der Waals surface area contributed by atoms with Gasteiger partial charge in [0.2, 0.25) is 10.0 Å². The van der Waals surface area contributed by atoms with Gasteiger partial charge in [-0.05, 0) is 51.7 Å². The first kappa shape index (κ1) is 15.2. The Balaban J connectivity index is 2.02. The van der Waals surface area contributed by atoms with Crippen molar-refractivity contribution >= 4 is 41.9 Å². The van der Waals surface area contributed by atoms with Crippen LogP contribution in [0.3, 0.4) is 0 Å². The zero-order valence-electron chi connectivity index (χ0n) is 11.3. The molecule has 0 fully saturated rings. The van der Waals surface area contributed by atoms with Gasteiger partial charge in [-0.1, -0.05) is 40.2 Å². The van der Waals surface area contributed by atoms with Gasteiger partial charge in [0.1, 0.15) is 0 Å². The molecule has 0 bridgehead atoms. The van der Waals surface area contributed by atoms with Gasteiger partial charge in [-0.15, -0.1) is 0 Å². The lowest BCUT2D eigenvalue weighted by Gasteiger charge is -2.17. The maximum Gasteiger partial charge on any atom is 0.244 e. The normalized spacial score (nSPS) is 15.2. The highest BCUT2D eigenvalue weighted by atomic mass is 79.9. The molecule has 0 N–H and O–H groups in total. The number of hydrogen-bond donors (Lipinski definition) is 0. The summed E-state index contributed by atoms with van der Waals surface area (Å²) in [7, 11) is -3.52. The first-order valence-corrected chi connectivity index (χ1v) is 9.45. The third-order valence-electron chi connectivity index (χ3n) is 3.64. The molecule has 2 aromatic carbocycles. The smallest absolute Gasteiger partial charge is 0.207 e. The van der Waals surface area contributed by atoms with E-state index >= 15 is 0 Å². The summed E-state index contributed by atoms with van der Waals surface area (Å²) < 4.78 is 28.6. The van der Waals surface area contributed by atoms with Crippen LogP contribution in [-0.2, 0) is 23.1 Å². The van der Waals surface area contributed by atoms with Crippen LogP contribution >= 0.6 is 31.9 Å². The monoisotopic (exact) mass is 429 g/mol. The highest BCUT2D eigenvalue weighted by Crippen LogP contribution is 2.34. The van der Waals surface area contributed by atoms with E-state index in [-0.39, 0.29) is 0 Å². The van der Waals surface area contributed by atoms with Crippen molar-refractivity contribution in [1.82, 2.24) is 4.31 Å². The summed E-state index contributed by atoms with van der Waals surface area (Å²) in [6, 6.07) is 11.3. The highest BCUT2D eigenvalue weighted by molar-refractivity contribution is 9.11. The summed E-state index contributed by atoms with van der Waals surface area (Å²) >= 11 is 6.78. The molecular weight excluding hydrogens is 418 g/mol. The molecule has 0 radical (unpaired) electrons. The van der Waals surface area contributed by atoms with Crippen LogP contribution in [0.2, 0.25) is 0 Å². The number of nitrogens with zero attached hydrogens (tertiary/aromatic N) is 1. The summed E-state index contributed by atoms with van der Waals surface area (Å²) in [6.07, 6.45) is 0. The molecule has 21 heavy (non-hydrogen) atoms. The van der Waals surface area contributed by atoms with Gasteiger partial charge < -0.3 is 0 Å². The molecule has 0 saturated carbocycles. The summed E-state index contributed by atoms with van der Waals surface area (Å²) in [5.74, 6) is 0.